The first-order chi connectivity index (χ1) is 14.0. The Kier molecular flexibility index (Phi) is 10.3. The van der Waals surface area contributed by atoms with E-state index in [1.165, 1.54) is 44.9 Å². The maximum atomic E-state index is 9.77. The Labute approximate surface area is 176 Å². The van der Waals surface area contributed by atoms with E-state index in [-0.39, 0.29) is 18.0 Å². The van der Waals surface area contributed by atoms with Crippen molar-refractivity contribution in [2.45, 2.75) is 103 Å². The molecule has 1 fully saturated rings. The van der Waals surface area contributed by atoms with Crippen molar-refractivity contribution in [2.75, 3.05) is 14.2 Å². The number of rotatable bonds is 13. The van der Waals surface area contributed by atoms with E-state index < -0.39 is 5.97 Å². The minimum absolute atomic E-state index is 0.0862. The van der Waals surface area contributed by atoms with E-state index in [1.807, 2.05) is 19.1 Å². The van der Waals surface area contributed by atoms with Crippen LogP contribution in [-0.2, 0) is 20.6 Å². The van der Waals surface area contributed by atoms with Gasteiger partial charge in [-0.25, -0.2) is 0 Å². The highest BCUT2D eigenvalue weighted by atomic mass is 16.9. The summed E-state index contributed by atoms with van der Waals surface area (Å²) in [6.45, 7) is 4.12. The van der Waals surface area contributed by atoms with Crippen molar-refractivity contribution in [3.63, 3.8) is 0 Å². The summed E-state index contributed by atoms with van der Waals surface area (Å²) in [5.41, 5.74) is 1.12. The monoisotopic (exact) mass is 408 g/mol. The number of methoxy groups -OCH3 is 2. The van der Waals surface area contributed by atoms with Gasteiger partial charge in [0.05, 0.1) is 19.3 Å². The highest BCUT2D eigenvalue weighted by Crippen LogP contribution is 2.33. The van der Waals surface area contributed by atoms with Crippen LogP contribution in [0.25, 0.3) is 0 Å². The summed E-state index contributed by atoms with van der Waals surface area (Å²) in [4.78, 5) is 0. The van der Waals surface area contributed by atoms with Gasteiger partial charge in [-0.3, -0.25) is 0 Å². The van der Waals surface area contributed by atoms with E-state index in [0.717, 1.165) is 31.2 Å². The average molecular weight is 409 g/mol. The highest BCUT2D eigenvalue weighted by Gasteiger charge is 2.38. The van der Waals surface area contributed by atoms with Crippen LogP contribution in [0.4, 0.5) is 0 Å². The van der Waals surface area contributed by atoms with E-state index in [1.54, 1.807) is 20.3 Å². The molecule has 1 heterocycles. The summed E-state index contributed by atoms with van der Waals surface area (Å²) < 4.78 is 22.9. The molecule has 0 aliphatic carbocycles. The predicted octanol–water partition coefficient (Wildman–Crippen LogP) is 5.97. The molecule has 3 atom stereocenters. The number of phenols is 1. The zero-order chi connectivity index (χ0) is 21.1. The first-order valence-corrected chi connectivity index (χ1v) is 11.3. The van der Waals surface area contributed by atoms with Gasteiger partial charge in [-0.2, -0.15) is 0 Å². The van der Waals surface area contributed by atoms with Gasteiger partial charge in [-0.15, -0.1) is 0 Å². The minimum Gasteiger partial charge on any atom is -0.504 e. The van der Waals surface area contributed by atoms with Gasteiger partial charge in [0.1, 0.15) is 0 Å². The zero-order valence-electron chi connectivity index (χ0n) is 18.7. The van der Waals surface area contributed by atoms with Crippen LogP contribution in [0.5, 0.6) is 11.5 Å². The Morgan fingerprint density at radius 2 is 1.66 bits per heavy atom. The van der Waals surface area contributed by atoms with Crippen molar-refractivity contribution in [1.82, 2.24) is 0 Å². The first kappa shape index (κ1) is 24.0. The predicted molar refractivity (Wildman–Crippen MR) is 115 cm³/mol. The Morgan fingerprint density at radius 3 is 2.31 bits per heavy atom. The lowest BCUT2D eigenvalue weighted by atomic mass is 9.98. The van der Waals surface area contributed by atoms with Crippen LogP contribution < -0.4 is 4.74 Å². The molecule has 166 valence electrons. The van der Waals surface area contributed by atoms with Crippen LogP contribution in [0.2, 0.25) is 0 Å². The fourth-order valence-corrected chi connectivity index (χ4v) is 4.01. The van der Waals surface area contributed by atoms with Gasteiger partial charge in [-0.05, 0) is 37.0 Å². The molecule has 0 unspecified atom stereocenters. The third-order valence-corrected chi connectivity index (χ3v) is 5.79. The lowest BCUT2D eigenvalue weighted by Crippen LogP contribution is -2.48. The van der Waals surface area contributed by atoms with Crippen molar-refractivity contribution >= 4 is 0 Å². The number of aromatic hydroxyl groups is 1. The Morgan fingerprint density at radius 1 is 1.00 bits per heavy atom. The van der Waals surface area contributed by atoms with Crippen molar-refractivity contribution in [1.29, 1.82) is 0 Å². The number of ether oxygens (including phenoxy) is 4. The van der Waals surface area contributed by atoms with E-state index in [0.29, 0.717) is 5.75 Å². The average Bonchev–Trinajstić information content (AvgIpc) is 2.72. The SMILES string of the molecule is CCCCCCCCC[C@H]1C[C@@H](CCc2ccc(O)c(OC)c2)O[C@@](C)(OC)O1. The molecule has 1 N–H and O–H groups in total. The molecule has 5 nitrogen and oxygen atoms in total. The maximum Gasteiger partial charge on any atom is 0.280 e. The molecule has 0 radical (unpaired) electrons. The second-order valence-corrected chi connectivity index (χ2v) is 8.24. The number of hydrogen-bond acceptors (Lipinski definition) is 5. The van der Waals surface area contributed by atoms with Gasteiger partial charge in [0.15, 0.2) is 11.5 Å². The molecule has 0 amide bonds. The Bertz CT molecular complexity index is 591. The van der Waals surface area contributed by atoms with Gasteiger partial charge in [0, 0.05) is 20.5 Å². The molecule has 1 saturated heterocycles. The Hall–Kier alpha value is -1.30. The van der Waals surface area contributed by atoms with Crippen LogP contribution in [-0.4, -0.2) is 37.5 Å². The minimum atomic E-state index is -0.971. The molecule has 2 rings (SSSR count). The molecule has 1 aromatic carbocycles. The third-order valence-electron chi connectivity index (χ3n) is 5.79. The number of phenolic OH excluding ortho intramolecular Hbond substituents is 1. The normalized spacial score (nSPS) is 24.6. The first-order valence-electron chi connectivity index (χ1n) is 11.3. The molecule has 5 heteroatoms. The number of benzene rings is 1. The standard InChI is InChI=1S/C24H40O5/c1-5-6-7-8-9-10-11-12-20-18-21(29-24(2,27-4)28-20)15-13-19-14-16-22(25)23(17-19)26-3/h14,16-17,20-21,25H,5-13,15,18H2,1-4H3/t20-,21+,24-/m0/s1. The van der Waals surface area contributed by atoms with E-state index in [2.05, 4.69) is 6.92 Å². The van der Waals surface area contributed by atoms with Crippen molar-refractivity contribution in [2.24, 2.45) is 0 Å². The smallest absolute Gasteiger partial charge is 0.280 e. The van der Waals surface area contributed by atoms with E-state index in [4.69, 9.17) is 18.9 Å². The molecule has 29 heavy (non-hydrogen) atoms. The lowest BCUT2D eigenvalue weighted by molar-refractivity contribution is -0.416. The molecule has 0 aromatic heterocycles. The fourth-order valence-electron chi connectivity index (χ4n) is 4.01. The van der Waals surface area contributed by atoms with Gasteiger partial charge in [0.2, 0.25) is 0 Å². The third kappa shape index (κ3) is 8.15. The summed E-state index contributed by atoms with van der Waals surface area (Å²) in [6, 6.07) is 5.50. The second-order valence-electron chi connectivity index (χ2n) is 8.24. The molecule has 0 saturated carbocycles. The van der Waals surface area contributed by atoms with E-state index >= 15 is 0 Å². The van der Waals surface area contributed by atoms with Gasteiger partial charge >= 0.3 is 0 Å². The lowest BCUT2D eigenvalue weighted by Gasteiger charge is -2.41. The van der Waals surface area contributed by atoms with Crippen molar-refractivity contribution in [3.8, 4) is 11.5 Å². The summed E-state index contributed by atoms with van der Waals surface area (Å²) in [6.07, 6.45) is 13.1. The summed E-state index contributed by atoms with van der Waals surface area (Å²) >= 11 is 0. The van der Waals surface area contributed by atoms with Crippen LogP contribution in [0, 0.1) is 0 Å². The topological polar surface area (TPSA) is 57.2 Å². The second kappa shape index (κ2) is 12.4. The zero-order valence-corrected chi connectivity index (χ0v) is 18.7. The van der Waals surface area contributed by atoms with Crippen LogP contribution in [0.1, 0.15) is 83.6 Å². The van der Waals surface area contributed by atoms with Gasteiger partial charge < -0.3 is 24.1 Å². The molecular weight excluding hydrogens is 368 g/mol. The molecule has 1 aliphatic heterocycles. The van der Waals surface area contributed by atoms with Crippen LogP contribution in [0.15, 0.2) is 18.2 Å². The quantitative estimate of drug-likeness (QED) is 0.408. The summed E-state index contributed by atoms with van der Waals surface area (Å²) in [5, 5.41) is 9.77. The van der Waals surface area contributed by atoms with Gasteiger partial charge in [-0.1, -0.05) is 57.9 Å². The largest absolute Gasteiger partial charge is 0.504 e. The van der Waals surface area contributed by atoms with Gasteiger partial charge in [0.25, 0.3) is 5.97 Å². The fraction of sp³-hybridized carbons (Fsp3) is 0.750. The molecular formula is C24H40O5. The highest BCUT2D eigenvalue weighted by molar-refractivity contribution is 5.41. The van der Waals surface area contributed by atoms with Crippen LogP contribution >= 0.6 is 0 Å². The van der Waals surface area contributed by atoms with Crippen molar-refractivity contribution < 1.29 is 24.1 Å². The molecule has 0 bridgehead atoms. The molecule has 1 aromatic rings. The Balaban J connectivity index is 1.81. The molecule has 1 aliphatic rings. The number of aryl methyl sites for hydroxylation is 1. The maximum absolute atomic E-state index is 9.77. The van der Waals surface area contributed by atoms with Crippen LogP contribution in [0.3, 0.4) is 0 Å². The number of hydrogen-bond donors (Lipinski definition) is 1. The number of unbranched alkanes of at least 4 members (excludes halogenated alkanes) is 6. The summed E-state index contributed by atoms with van der Waals surface area (Å²) in [7, 11) is 3.21. The molecule has 0 spiro atoms. The van der Waals surface area contributed by atoms with Crippen molar-refractivity contribution in [3.05, 3.63) is 23.8 Å². The summed E-state index contributed by atoms with van der Waals surface area (Å²) in [5.74, 6) is -0.296. The van der Waals surface area contributed by atoms with E-state index in [9.17, 15) is 5.11 Å².